The second-order valence-corrected chi connectivity index (χ2v) is 5.66. The fourth-order valence-electron chi connectivity index (χ4n) is 2.56. The number of nitrogens with zero attached hydrogens (tertiary/aromatic N) is 1. The number of anilines is 1. The summed E-state index contributed by atoms with van der Waals surface area (Å²) in [6.45, 7) is 5.67. The van der Waals surface area contributed by atoms with Crippen LogP contribution in [0.4, 0.5) is 14.5 Å². The molecular formula is C17H25F2N3O2. The van der Waals surface area contributed by atoms with Gasteiger partial charge in [-0.2, -0.15) is 0 Å². The summed E-state index contributed by atoms with van der Waals surface area (Å²) < 4.78 is 27.2. The fraction of sp³-hybridized carbons (Fsp3) is 0.529. The molecule has 134 valence electrons. The number of likely N-dealkylation sites (N-methyl/N-ethyl adjacent to an activating group) is 1. The summed E-state index contributed by atoms with van der Waals surface area (Å²) in [5.74, 6) is -2.61. The van der Waals surface area contributed by atoms with Gasteiger partial charge in [0.05, 0.1) is 12.0 Å². The van der Waals surface area contributed by atoms with Gasteiger partial charge in [-0.05, 0) is 31.9 Å². The van der Waals surface area contributed by atoms with E-state index in [0.717, 1.165) is 12.1 Å². The number of para-hydroxylation sites is 1. The van der Waals surface area contributed by atoms with Crippen LogP contribution in [0.2, 0.25) is 0 Å². The molecular weight excluding hydrogens is 316 g/mol. The fourth-order valence-corrected chi connectivity index (χ4v) is 2.56. The molecule has 24 heavy (non-hydrogen) atoms. The minimum absolute atomic E-state index is 0.179. The van der Waals surface area contributed by atoms with Crippen LogP contribution >= 0.6 is 0 Å². The van der Waals surface area contributed by atoms with Crippen molar-refractivity contribution in [1.82, 2.24) is 4.90 Å². The van der Waals surface area contributed by atoms with Crippen molar-refractivity contribution in [2.24, 2.45) is 11.1 Å². The molecule has 0 bridgehead atoms. The van der Waals surface area contributed by atoms with Gasteiger partial charge in [0.1, 0.15) is 17.3 Å². The summed E-state index contributed by atoms with van der Waals surface area (Å²) in [6.07, 6.45) is 1.11. The number of nitrogens with one attached hydrogen (secondary N) is 1. The second-order valence-electron chi connectivity index (χ2n) is 5.66. The highest BCUT2D eigenvalue weighted by molar-refractivity contribution is 5.95. The molecule has 0 radical (unpaired) electrons. The number of hydrogen-bond donors (Lipinski definition) is 2. The Morgan fingerprint density at radius 3 is 2.12 bits per heavy atom. The van der Waals surface area contributed by atoms with Gasteiger partial charge in [-0.15, -0.1) is 0 Å². The number of amides is 2. The summed E-state index contributed by atoms with van der Waals surface area (Å²) in [5, 5.41) is 2.19. The van der Waals surface area contributed by atoms with E-state index in [1.165, 1.54) is 11.0 Å². The molecule has 0 aliphatic heterocycles. The van der Waals surface area contributed by atoms with Crippen molar-refractivity contribution in [1.29, 1.82) is 0 Å². The SMILES string of the molecule is CCN(CC(=O)Nc1c(F)cccc1F)C(=O)C(CC)(CC)CN. The minimum atomic E-state index is -0.865. The molecule has 1 aromatic rings. The van der Waals surface area contributed by atoms with Gasteiger partial charge in [0.25, 0.3) is 0 Å². The number of carbonyl (C=O) groups is 2. The van der Waals surface area contributed by atoms with E-state index in [1.54, 1.807) is 6.92 Å². The highest BCUT2D eigenvalue weighted by Crippen LogP contribution is 2.27. The van der Waals surface area contributed by atoms with Crippen LogP contribution in [0, 0.1) is 17.0 Å². The lowest BCUT2D eigenvalue weighted by atomic mass is 9.81. The van der Waals surface area contributed by atoms with E-state index in [4.69, 9.17) is 5.73 Å². The number of carbonyl (C=O) groups excluding carboxylic acids is 2. The van der Waals surface area contributed by atoms with E-state index in [0.29, 0.717) is 19.4 Å². The maximum Gasteiger partial charge on any atom is 0.244 e. The summed E-state index contributed by atoms with van der Waals surface area (Å²) in [6, 6.07) is 3.31. The summed E-state index contributed by atoms with van der Waals surface area (Å²) in [7, 11) is 0. The maximum absolute atomic E-state index is 13.6. The topological polar surface area (TPSA) is 75.4 Å². The zero-order chi connectivity index (χ0) is 18.3. The lowest BCUT2D eigenvalue weighted by molar-refractivity contribution is -0.144. The number of halogens is 2. The Morgan fingerprint density at radius 2 is 1.71 bits per heavy atom. The highest BCUT2D eigenvalue weighted by Gasteiger charge is 2.37. The minimum Gasteiger partial charge on any atom is -0.333 e. The third-order valence-corrected chi connectivity index (χ3v) is 4.43. The zero-order valence-electron chi connectivity index (χ0n) is 14.4. The molecule has 0 unspecified atom stereocenters. The molecule has 0 saturated carbocycles. The van der Waals surface area contributed by atoms with Crippen molar-refractivity contribution in [3.8, 4) is 0 Å². The van der Waals surface area contributed by atoms with Crippen molar-refractivity contribution >= 4 is 17.5 Å². The zero-order valence-corrected chi connectivity index (χ0v) is 14.4. The Labute approximate surface area is 141 Å². The Hall–Kier alpha value is -2.02. The third-order valence-electron chi connectivity index (χ3n) is 4.43. The van der Waals surface area contributed by atoms with E-state index in [9.17, 15) is 18.4 Å². The summed E-state index contributed by atoms with van der Waals surface area (Å²) in [5.41, 5.74) is 4.53. The molecule has 3 N–H and O–H groups in total. The van der Waals surface area contributed by atoms with Crippen LogP contribution < -0.4 is 11.1 Å². The van der Waals surface area contributed by atoms with Crippen molar-refractivity contribution < 1.29 is 18.4 Å². The Balaban J connectivity index is 2.88. The average molecular weight is 341 g/mol. The van der Waals surface area contributed by atoms with E-state index in [-0.39, 0.29) is 19.0 Å². The van der Waals surface area contributed by atoms with Crippen LogP contribution in [0.25, 0.3) is 0 Å². The van der Waals surface area contributed by atoms with Gasteiger partial charge in [-0.3, -0.25) is 9.59 Å². The molecule has 0 fully saturated rings. The predicted octanol–water partition coefficient (Wildman–Crippen LogP) is 2.52. The Morgan fingerprint density at radius 1 is 1.17 bits per heavy atom. The molecule has 0 saturated heterocycles. The first kappa shape index (κ1) is 20.0. The molecule has 0 aromatic heterocycles. The first-order valence-electron chi connectivity index (χ1n) is 8.08. The lowest BCUT2D eigenvalue weighted by Gasteiger charge is -2.34. The van der Waals surface area contributed by atoms with E-state index < -0.39 is 28.6 Å². The van der Waals surface area contributed by atoms with Crippen molar-refractivity contribution in [3.63, 3.8) is 0 Å². The molecule has 1 rings (SSSR count). The van der Waals surface area contributed by atoms with E-state index in [2.05, 4.69) is 5.32 Å². The van der Waals surface area contributed by atoms with E-state index in [1.807, 2.05) is 13.8 Å². The number of benzene rings is 1. The van der Waals surface area contributed by atoms with Crippen LogP contribution in [0.1, 0.15) is 33.6 Å². The first-order valence-corrected chi connectivity index (χ1v) is 8.08. The predicted molar refractivity (Wildman–Crippen MR) is 89.3 cm³/mol. The normalized spacial score (nSPS) is 11.2. The highest BCUT2D eigenvalue weighted by atomic mass is 19.1. The molecule has 0 heterocycles. The maximum atomic E-state index is 13.6. The van der Waals surface area contributed by atoms with Crippen molar-refractivity contribution in [2.45, 2.75) is 33.6 Å². The van der Waals surface area contributed by atoms with Gasteiger partial charge < -0.3 is 16.0 Å². The largest absolute Gasteiger partial charge is 0.333 e. The van der Waals surface area contributed by atoms with Crippen molar-refractivity contribution in [2.75, 3.05) is 25.0 Å². The molecule has 0 atom stereocenters. The second kappa shape index (κ2) is 8.73. The number of nitrogens with two attached hydrogens (primary N) is 1. The average Bonchev–Trinajstić information content (AvgIpc) is 2.58. The summed E-state index contributed by atoms with van der Waals surface area (Å²) >= 11 is 0. The molecule has 0 aliphatic carbocycles. The Kier molecular flexibility index (Phi) is 7.28. The van der Waals surface area contributed by atoms with Crippen LogP contribution in [0.15, 0.2) is 18.2 Å². The molecule has 2 amide bonds. The van der Waals surface area contributed by atoms with Gasteiger partial charge in [0.2, 0.25) is 11.8 Å². The van der Waals surface area contributed by atoms with Crippen molar-refractivity contribution in [3.05, 3.63) is 29.8 Å². The quantitative estimate of drug-likeness (QED) is 0.763. The monoisotopic (exact) mass is 341 g/mol. The van der Waals surface area contributed by atoms with Gasteiger partial charge in [-0.25, -0.2) is 8.78 Å². The summed E-state index contributed by atoms with van der Waals surface area (Å²) in [4.78, 5) is 26.2. The van der Waals surface area contributed by atoms with Crippen LogP contribution in [-0.2, 0) is 9.59 Å². The van der Waals surface area contributed by atoms with Gasteiger partial charge in [-0.1, -0.05) is 19.9 Å². The smallest absolute Gasteiger partial charge is 0.244 e. The van der Waals surface area contributed by atoms with Crippen LogP contribution in [-0.4, -0.2) is 36.3 Å². The van der Waals surface area contributed by atoms with Crippen LogP contribution in [0.5, 0.6) is 0 Å². The van der Waals surface area contributed by atoms with Gasteiger partial charge >= 0.3 is 0 Å². The molecule has 7 heteroatoms. The van der Waals surface area contributed by atoms with E-state index >= 15 is 0 Å². The van der Waals surface area contributed by atoms with Crippen LogP contribution in [0.3, 0.4) is 0 Å². The lowest BCUT2D eigenvalue weighted by Crippen LogP contribution is -2.49. The molecule has 1 aromatic carbocycles. The molecule has 0 aliphatic rings. The Bertz CT molecular complexity index is 561. The molecule has 5 nitrogen and oxygen atoms in total. The molecule has 0 spiro atoms. The van der Waals surface area contributed by atoms with Gasteiger partial charge in [0, 0.05) is 13.1 Å². The first-order chi connectivity index (χ1) is 11.3. The van der Waals surface area contributed by atoms with Gasteiger partial charge in [0.15, 0.2) is 0 Å². The number of rotatable bonds is 8. The third kappa shape index (κ3) is 4.29. The standard InChI is InChI=1S/C17H25F2N3O2/c1-4-17(5-2,11-20)16(24)22(6-3)10-14(23)21-15-12(18)8-7-9-13(15)19/h7-9H,4-6,10-11,20H2,1-3H3,(H,21,23). The number of hydrogen-bond acceptors (Lipinski definition) is 3.